The summed E-state index contributed by atoms with van der Waals surface area (Å²) in [6.45, 7) is 4.13. The van der Waals surface area contributed by atoms with Crippen LogP contribution in [0.25, 0.3) is 0 Å². The average Bonchev–Trinajstić information content (AvgIpc) is 2.41. The van der Waals surface area contributed by atoms with Crippen molar-refractivity contribution in [2.24, 2.45) is 0 Å². The van der Waals surface area contributed by atoms with Gasteiger partial charge in [0.2, 0.25) is 10.0 Å². The maximum absolute atomic E-state index is 13.5. The Kier molecular flexibility index (Phi) is 5.12. The predicted octanol–water partition coefficient (Wildman–Crippen LogP) is 1.98. The zero-order chi connectivity index (χ0) is 14.6. The molecule has 0 amide bonds. The lowest BCUT2D eigenvalue weighted by Gasteiger charge is -2.33. The van der Waals surface area contributed by atoms with Gasteiger partial charge in [0.15, 0.2) is 0 Å². The third-order valence-corrected chi connectivity index (χ3v) is 5.25. The number of halogens is 1. The SMILES string of the molecule is C[C@@H]1CCCCN1CCNS(=O)(=O)c1ccccc1F. The first-order chi connectivity index (χ1) is 9.50. The van der Waals surface area contributed by atoms with E-state index in [0.717, 1.165) is 25.5 Å². The van der Waals surface area contributed by atoms with Crippen LogP contribution in [0.1, 0.15) is 26.2 Å². The van der Waals surface area contributed by atoms with E-state index in [2.05, 4.69) is 16.5 Å². The average molecular weight is 300 g/mol. The van der Waals surface area contributed by atoms with Gasteiger partial charge >= 0.3 is 0 Å². The first kappa shape index (κ1) is 15.4. The monoisotopic (exact) mass is 300 g/mol. The number of likely N-dealkylation sites (tertiary alicyclic amines) is 1. The van der Waals surface area contributed by atoms with Crippen LogP contribution in [0.4, 0.5) is 4.39 Å². The number of rotatable bonds is 5. The highest BCUT2D eigenvalue weighted by atomic mass is 32.2. The van der Waals surface area contributed by atoms with Crippen molar-refractivity contribution in [3.63, 3.8) is 0 Å². The molecule has 2 rings (SSSR count). The summed E-state index contributed by atoms with van der Waals surface area (Å²) < 4.78 is 40.0. The lowest BCUT2D eigenvalue weighted by molar-refractivity contribution is 0.164. The number of hydrogen-bond acceptors (Lipinski definition) is 3. The lowest BCUT2D eigenvalue weighted by Crippen LogP contribution is -2.42. The summed E-state index contributed by atoms with van der Waals surface area (Å²) in [5, 5.41) is 0. The molecule has 0 saturated carbocycles. The molecule has 1 aliphatic heterocycles. The number of sulfonamides is 1. The van der Waals surface area contributed by atoms with E-state index in [1.54, 1.807) is 0 Å². The van der Waals surface area contributed by atoms with E-state index >= 15 is 0 Å². The first-order valence-electron chi connectivity index (χ1n) is 6.99. The van der Waals surface area contributed by atoms with E-state index in [1.165, 1.54) is 24.6 Å². The van der Waals surface area contributed by atoms with E-state index in [4.69, 9.17) is 0 Å². The Bertz CT molecular complexity index is 548. The van der Waals surface area contributed by atoms with Gasteiger partial charge in [-0.15, -0.1) is 0 Å². The lowest BCUT2D eigenvalue weighted by atomic mass is 10.0. The Labute approximate surface area is 120 Å². The smallest absolute Gasteiger partial charge is 0.243 e. The number of hydrogen-bond donors (Lipinski definition) is 1. The summed E-state index contributed by atoms with van der Waals surface area (Å²) in [5.74, 6) is -0.716. The highest BCUT2D eigenvalue weighted by Gasteiger charge is 2.20. The molecule has 6 heteroatoms. The number of piperidine rings is 1. The van der Waals surface area contributed by atoms with Crippen molar-refractivity contribution in [3.8, 4) is 0 Å². The van der Waals surface area contributed by atoms with Crippen molar-refractivity contribution in [2.75, 3.05) is 19.6 Å². The quantitative estimate of drug-likeness (QED) is 0.904. The fraction of sp³-hybridized carbons (Fsp3) is 0.571. The van der Waals surface area contributed by atoms with Crippen LogP contribution >= 0.6 is 0 Å². The molecular formula is C14H21FN2O2S. The van der Waals surface area contributed by atoms with Gasteiger partial charge in [-0.25, -0.2) is 17.5 Å². The van der Waals surface area contributed by atoms with E-state index < -0.39 is 15.8 Å². The van der Waals surface area contributed by atoms with E-state index in [0.29, 0.717) is 19.1 Å². The summed E-state index contributed by atoms with van der Waals surface area (Å²) in [7, 11) is -3.76. The molecule has 1 aromatic rings. The molecule has 1 fully saturated rings. The maximum atomic E-state index is 13.5. The predicted molar refractivity (Wildman–Crippen MR) is 76.5 cm³/mol. The molecule has 1 aromatic carbocycles. The molecule has 4 nitrogen and oxygen atoms in total. The van der Waals surface area contributed by atoms with Crippen LogP contribution in [-0.2, 0) is 10.0 Å². The van der Waals surface area contributed by atoms with Gasteiger partial charge in [0.1, 0.15) is 10.7 Å². The number of nitrogens with one attached hydrogen (secondary N) is 1. The molecule has 0 aliphatic carbocycles. The van der Waals surface area contributed by atoms with Crippen molar-refractivity contribution in [1.82, 2.24) is 9.62 Å². The molecular weight excluding hydrogens is 279 g/mol. The van der Waals surface area contributed by atoms with Crippen molar-refractivity contribution < 1.29 is 12.8 Å². The fourth-order valence-electron chi connectivity index (χ4n) is 2.55. The second kappa shape index (κ2) is 6.65. The van der Waals surface area contributed by atoms with Crippen LogP contribution in [-0.4, -0.2) is 39.0 Å². The zero-order valence-electron chi connectivity index (χ0n) is 11.7. The Morgan fingerprint density at radius 3 is 2.80 bits per heavy atom. The van der Waals surface area contributed by atoms with E-state index in [9.17, 15) is 12.8 Å². The van der Waals surface area contributed by atoms with Crippen molar-refractivity contribution in [1.29, 1.82) is 0 Å². The third kappa shape index (κ3) is 3.77. The summed E-state index contributed by atoms with van der Waals surface area (Å²) in [6, 6.07) is 5.91. The molecule has 1 saturated heterocycles. The summed E-state index contributed by atoms with van der Waals surface area (Å²) in [5.41, 5.74) is 0. The van der Waals surface area contributed by atoms with E-state index in [-0.39, 0.29) is 4.90 Å². The number of nitrogens with zero attached hydrogens (tertiary/aromatic N) is 1. The highest BCUT2D eigenvalue weighted by Crippen LogP contribution is 2.16. The zero-order valence-corrected chi connectivity index (χ0v) is 12.5. The van der Waals surface area contributed by atoms with Crippen molar-refractivity contribution in [3.05, 3.63) is 30.1 Å². The minimum absolute atomic E-state index is 0.285. The van der Waals surface area contributed by atoms with Crippen LogP contribution in [0.5, 0.6) is 0 Å². The Balaban J connectivity index is 1.91. The molecule has 0 spiro atoms. The van der Waals surface area contributed by atoms with Gasteiger partial charge < -0.3 is 0 Å². The third-order valence-electron chi connectivity index (χ3n) is 3.76. The minimum atomic E-state index is -3.76. The second-order valence-corrected chi connectivity index (χ2v) is 6.94. The Hall–Kier alpha value is -0.980. The Morgan fingerprint density at radius 1 is 1.35 bits per heavy atom. The molecule has 0 unspecified atom stereocenters. The van der Waals surface area contributed by atoms with E-state index in [1.807, 2.05) is 0 Å². The van der Waals surface area contributed by atoms with Crippen LogP contribution in [0, 0.1) is 5.82 Å². The number of benzene rings is 1. The van der Waals surface area contributed by atoms with Gasteiger partial charge in [-0.3, -0.25) is 4.90 Å². The minimum Gasteiger partial charge on any atom is -0.299 e. The van der Waals surface area contributed by atoms with Crippen molar-refractivity contribution in [2.45, 2.75) is 37.1 Å². The van der Waals surface area contributed by atoms with Crippen LogP contribution in [0.2, 0.25) is 0 Å². The summed E-state index contributed by atoms with van der Waals surface area (Å²) >= 11 is 0. The molecule has 0 bridgehead atoms. The molecule has 0 aromatic heterocycles. The van der Waals surface area contributed by atoms with Crippen LogP contribution < -0.4 is 4.72 Å². The molecule has 1 aliphatic rings. The van der Waals surface area contributed by atoms with Gasteiger partial charge in [0.05, 0.1) is 0 Å². The van der Waals surface area contributed by atoms with Gasteiger partial charge in [0, 0.05) is 19.1 Å². The second-order valence-electron chi connectivity index (χ2n) is 5.21. The summed E-state index contributed by atoms with van der Waals surface area (Å²) in [6.07, 6.45) is 3.54. The molecule has 112 valence electrons. The van der Waals surface area contributed by atoms with Gasteiger partial charge in [-0.2, -0.15) is 0 Å². The van der Waals surface area contributed by atoms with Crippen molar-refractivity contribution >= 4 is 10.0 Å². The van der Waals surface area contributed by atoms with Gasteiger partial charge in [-0.05, 0) is 38.4 Å². The molecule has 1 heterocycles. The molecule has 1 atom stereocenters. The highest BCUT2D eigenvalue weighted by molar-refractivity contribution is 7.89. The first-order valence-corrected chi connectivity index (χ1v) is 8.47. The van der Waals surface area contributed by atoms with Crippen LogP contribution in [0.15, 0.2) is 29.2 Å². The van der Waals surface area contributed by atoms with Gasteiger partial charge in [-0.1, -0.05) is 18.6 Å². The van der Waals surface area contributed by atoms with Crippen LogP contribution in [0.3, 0.4) is 0 Å². The standard InChI is InChI=1S/C14H21FN2O2S/c1-12-6-4-5-10-17(12)11-9-16-20(18,19)14-8-3-2-7-13(14)15/h2-3,7-8,12,16H,4-6,9-11H2,1H3/t12-/m1/s1. The Morgan fingerprint density at radius 2 is 2.10 bits per heavy atom. The normalized spacial score (nSPS) is 21.0. The molecule has 20 heavy (non-hydrogen) atoms. The maximum Gasteiger partial charge on any atom is 0.243 e. The fourth-order valence-corrected chi connectivity index (χ4v) is 3.65. The largest absolute Gasteiger partial charge is 0.299 e. The molecule has 1 N–H and O–H groups in total. The topological polar surface area (TPSA) is 49.4 Å². The summed E-state index contributed by atoms with van der Waals surface area (Å²) in [4.78, 5) is 1.99. The molecule has 0 radical (unpaired) electrons. The van der Waals surface area contributed by atoms with Gasteiger partial charge in [0.25, 0.3) is 0 Å².